The zero-order valence-corrected chi connectivity index (χ0v) is 11.9. The molecule has 18 heavy (non-hydrogen) atoms. The average Bonchev–Trinajstić information content (AvgIpc) is 2.79. The molecule has 7 heteroatoms. The zero-order valence-electron chi connectivity index (χ0n) is 10.3. The van der Waals surface area contributed by atoms with Crippen LogP contribution in [0.5, 0.6) is 0 Å². The predicted octanol–water partition coefficient (Wildman–Crippen LogP) is 2.20. The van der Waals surface area contributed by atoms with Crippen LogP contribution in [0.1, 0.15) is 23.0 Å². The molecule has 2 heterocycles. The summed E-state index contributed by atoms with van der Waals surface area (Å²) in [6.45, 7) is 4.22. The van der Waals surface area contributed by atoms with Crippen molar-refractivity contribution in [2.24, 2.45) is 0 Å². The molecule has 1 aromatic rings. The van der Waals surface area contributed by atoms with Crippen LogP contribution in [-0.4, -0.2) is 43.9 Å². The first-order valence-corrected chi connectivity index (χ1v) is 6.95. The summed E-state index contributed by atoms with van der Waals surface area (Å²) < 4.78 is 10.1. The molecule has 100 valence electrons. The fourth-order valence-corrected chi connectivity index (χ4v) is 3.17. The maximum absolute atomic E-state index is 11.5. The maximum Gasteiger partial charge on any atom is 0.351 e. The molecular formula is C11H15ClN2O3S. The summed E-state index contributed by atoms with van der Waals surface area (Å²) in [6.07, 6.45) is 0.963. The Morgan fingerprint density at radius 3 is 3.17 bits per heavy atom. The molecule has 0 aromatic carbocycles. The number of halogens is 1. The van der Waals surface area contributed by atoms with Crippen LogP contribution >= 0.6 is 22.9 Å². The number of rotatable bonds is 3. The van der Waals surface area contributed by atoms with E-state index in [-0.39, 0.29) is 11.2 Å². The Hall–Kier alpha value is -0.850. The van der Waals surface area contributed by atoms with Crippen LogP contribution in [0.3, 0.4) is 0 Å². The van der Waals surface area contributed by atoms with Crippen molar-refractivity contribution in [3.63, 3.8) is 0 Å². The summed E-state index contributed by atoms with van der Waals surface area (Å²) in [4.78, 5) is 18.3. The first-order valence-electron chi connectivity index (χ1n) is 5.76. The number of thiazole rings is 1. The molecule has 1 aliphatic rings. The quantitative estimate of drug-likeness (QED) is 0.799. The summed E-state index contributed by atoms with van der Waals surface area (Å²) in [5.41, 5.74) is 0. The molecule has 1 aromatic heterocycles. The topological polar surface area (TPSA) is 51.7 Å². The van der Waals surface area contributed by atoms with Crippen LogP contribution in [0, 0.1) is 0 Å². The number of methoxy groups -OCH3 is 1. The first kappa shape index (κ1) is 13.6. The molecule has 0 spiro atoms. The molecular weight excluding hydrogens is 276 g/mol. The Kier molecular flexibility index (Phi) is 4.42. The summed E-state index contributed by atoms with van der Waals surface area (Å²) in [5, 5.41) is 0.971. The Morgan fingerprint density at radius 2 is 2.50 bits per heavy atom. The fraction of sp³-hybridized carbons (Fsp3) is 0.636. The second-order valence-corrected chi connectivity index (χ2v) is 5.27. The number of esters is 1. The van der Waals surface area contributed by atoms with Crippen molar-refractivity contribution in [1.29, 1.82) is 0 Å². The van der Waals surface area contributed by atoms with Crippen molar-refractivity contribution in [2.75, 3.05) is 31.8 Å². The monoisotopic (exact) mass is 290 g/mol. The SMILES string of the molecule is CCC1COCCN1c1nc(Cl)c(C(=O)OC)s1. The number of morpholine rings is 1. The first-order chi connectivity index (χ1) is 8.67. The van der Waals surface area contributed by atoms with Crippen molar-refractivity contribution >= 4 is 34.0 Å². The smallest absolute Gasteiger partial charge is 0.351 e. The molecule has 1 atom stereocenters. The summed E-state index contributed by atoms with van der Waals surface area (Å²) in [7, 11) is 1.33. The number of anilines is 1. The van der Waals surface area contributed by atoms with Gasteiger partial charge in [0.25, 0.3) is 0 Å². The van der Waals surface area contributed by atoms with Crippen LogP contribution in [0.15, 0.2) is 0 Å². The van der Waals surface area contributed by atoms with Gasteiger partial charge in [0.1, 0.15) is 0 Å². The molecule has 1 saturated heterocycles. The lowest BCUT2D eigenvalue weighted by atomic mass is 10.2. The van der Waals surface area contributed by atoms with Gasteiger partial charge in [-0.05, 0) is 6.42 Å². The van der Waals surface area contributed by atoms with E-state index in [2.05, 4.69) is 21.5 Å². The second kappa shape index (κ2) is 5.86. The maximum atomic E-state index is 11.5. The van der Waals surface area contributed by atoms with Crippen molar-refractivity contribution < 1.29 is 14.3 Å². The normalized spacial score (nSPS) is 19.9. The van der Waals surface area contributed by atoms with E-state index in [1.165, 1.54) is 18.4 Å². The molecule has 1 unspecified atom stereocenters. The summed E-state index contributed by atoms with van der Waals surface area (Å²) in [5.74, 6) is -0.440. The molecule has 5 nitrogen and oxygen atoms in total. The highest BCUT2D eigenvalue weighted by Crippen LogP contribution is 2.32. The van der Waals surface area contributed by atoms with Gasteiger partial charge in [-0.1, -0.05) is 29.9 Å². The van der Waals surface area contributed by atoms with Crippen molar-refractivity contribution in [3.8, 4) is 0 Å². The van der Waals surface area contributed by atoms with Gasteiger partial charge in [0.15, 0.2) is 15.2 Å². The second-order valence-electron chi connectivity index (χ2n) is 3.94. The summed E-state index contributed by atoms with van der Waals surface area (Å²) in [6, 6.07) is 0.284. The Balaban J connectivity index is 2.24. The molecule has 0 saturated carbocycles. The van der Waals surface area contributed by atoms with Gasteiger partial charge in [-0.2, -0.15) is 0 Å². The standard InChI is InChI=1S/C11H15ClN2O3S/c1-3-7-6-17-5-4-14(7)11-13-9(12)8(18-11)10(15)16-2/h7H,3-6H2,1-2H3. The van der Waals surface area contributed by atoms with Gasteiger partial charge in [-0.3, -0.25) is 0 Å². The molecule has 2 rings (SSSR count). The number of ether oxygens (including phenoxy) is 2. The lowest BCUT2D eigenvalue weighted by molar-refractivity contribution is 0.0606. The number of carbonyl (C=O) groups is 1. The predicted molar refractivity (Wildman–Crippen MR) is 70.7 cm³/mol. The van der Waals surface area contributed by atoms with Gasteiger partial charge < -0.3 is 14.4 Å². The van der Waals surface area contributed by atoms with Gasteiger partial charge in [0.05, 0.1) is 26.4 Å². The van der Waals surface area contributed by atoms with Crippen LogP contribution < -0.4 is 4.90 Å². The van der Waals surface area contributed by atoms with Gasteiger partial charge in [-0.25, -0.2) is 9.78 Å². The van der Waals surface area contributed by atoms with E-state index < -0.39 is 5.97 Å². The number of nitrogens with zero attached hydrogens (tertiary/aromatic N) is 2. The number of aromatic nitrogens is 1. The van der Waals surface area contributed by atoms with E-state index in [1.54, 1.807) is 0 Å². The molecule has 0 amide bonds. The minimum atomic E-state index is -0.440. The molecule has 1 fully saturated rings. The number of hydrogen-bond acceptors (Lipinski definition) is 6. The largest absolute Gasteiger partial charge is 0.465 e. The van der Waals surface area contributed by atoms with E-state index in [0.717, 1.165) is 18.1 Å². The van der Waals surface area contributed by atoms with E-state index in [9.17, 15) is 4.79 Å². The third-order valence-electron chi connectivity index (χ3n) is 2.89. The van der Waals surface area contributed by atoms with E-state index in [0.29, 0.717) is 18.1 Å². The molecule has 0 N–H and O–H groups in total. The van der Waals surface area contributed by atoms with Crippen LogP contribution in [0.4, 0.5) is 5.13 Å². The van der Waals surface area contributed by atoms with Gasteiger partial charge in [-0.15, -0.1) is 0 Å². The van der Waals surface area contributed by atoms with Crippen molar-refractivity contribution in [1.82, 2.24) is 4.98 Å². The van der Waals surface area contributed by atoms with Crippen molar-refractivity contribution in [3.05, 3.63) is 10.0 Å². The van der Waals surface area contributed by atoms with Gasteiger partial charge in [0.2, 0.25) is 0 Å². The highest BCUT2D eigenvalue weighted by molar-refractivity contribution is 7.18. The average molecular weight is 291 g/mol. The Bertz CT molecular complexity index is 438. The highest BCUT2D eigenvalue weighted by atomic mass is 35.5. The van der Waals surface area contributed by atoms with E-state index in [4.69, 9.17) is 16.3 Å². The van der Waals surface area contributed by atoms with Crippen molar-refractivity contribution in [2.45, 2.75) is 19.4 Å². The molecule has 0 aliphatic carbocycles. The Morgan fingerprint density at radius 1 is 1.72 bits per heavy atom. The van der Waals surface area contributed by atoms with Crippen LogP contribution in [-0.2, 0) is 9.47 Å². The minimum absolute atomic E-state index is 0.211. The van der Waals surface area contributed by atoms with Crippen LogP contribution in [0.2, 0.25) is 5.15 Å². The fourth-order valence-electron chi connectivity index (χ4n) is 1.88. The third-order valence-corrected chi connectivity index (χ3v) is 4.35. The lowest BCUT2D eigenvalue weighted by Crippen LogP contribution is -2.45. The van der Waals surface area contributed by atoms with Gasteiger partial charge in [0, 0.05) is 6.54 Å². The van der Waals surface area contributed by atoms with Crippen LogP contribution in [0.25, 0.3) is 0 Å². The molecule has 0 bridgehead atoms. The molecule has 1 aliphatic heterocycles. The number of hydrogen-bond donors (Lipinski definition) is 0. The van der Waals surface area contributed by atoms with E-state index in [1.807, 2.05) is 0 Å². The number of carbonyl (C=O) groups excluding carboxylic acids is 1. The highest BCUT2D eigenvalue weighted by Gasteiger charge is 2.27. The van der Waals surface area contributed by atoms with Gasteiger partial charge >= 0.3 is 5.97 Å². The summed E-state index contributed by atoms with van der Waals surface area (Å²) >= 11 is 7.24. The third kappa shape index (κ3) is 2.60. The zero-order chi connectivity index (χ0) is 13.1. The lowest BCUT2D eigenvalue weighted by Gasteiger charge is -2.34. The van der Waals surface area contributed by atoms with E-state index >= 15 is 0 Å². The molecule has 0 radical (unpaired) electrons. The minimum Gasteiger partial charge on any atom is -0.465 e. The Labute approximate surface area is 115 Å².